The molecule has 0 bridgehead atoms. The van der Waals surface area contributed by atoms with Gasteiger partial charge in [0.2, 0.25) is 0 Å². The number of carboxylic acids is 1. The van der Waals surface area contributed by atoms with Crippen LogP contribution in [0.4, 0.5) is 0 Å². The highest BCUT2D eigenvalue weighted by atomic mass is 79.9. The number of aromatic carboxylic acids is 1. The highest BCUT2D eigenvalue weighted by Crippen LogP contribution is 2.30. The van der Waals surface area contributed by atoms with Crippen LogP contribution in [0.1, 0.15) is 10.4 Å². The number of fused-ring (bicyclic) bond motifs is 1. The van der Waals surface area contributed by atoms with Gasteiger partial charge in [-0.15, -0.1) is 0 Å². The minimum absolute atomic E-state index is 0.125. The zero-order chi connectivity index (χ0) is 15.0. The molecule has 0 amide bonds. The molecule has 4 nitrogen and oxygen atoms in total. The lowest BCUT2D eigenvalue weighted by Crippen LogP contribution is -2.01. The topological polar surface area (TPSA) is 73.2 Å². The van der Waals surface area contributed by atoms with Crippen molar-refractivity contribution in [1.82, 2.24) is 4.98 Å². The average molecular weight is 343 g/mol. The maximum absolute atomic E-state index is 11.9. The van der Waals surface area contributed by atoms with Gasteiger partial charge >= 0.3 is 5.97 Å². The second-order valence-corrected chi connectivity index (χ2v) is 5.43. The van der Waals surface area contributed by atoms with Crippen LogP contribution in [0, 0.1) is 0 Å². The Morgan fingerprint density at radius 2 is 1.90 bits per heavy atom. The summed E-state index contributed by atoms with van der Waals surface area (Å²) in [5.41, 5.74) is 1.42. The number of rotatable bonds is 2. The highest BCUT2D eigenvalue weighted by Gasteiger charge is 2.13. The van der Waals surface area contributed by atoms with Gasteiger partial charge in [-0.2, -0.15) is 0 Å². The number of hydrogen-bond acceptors (Lipinski definition) is 3. The molecule has 0 atom stereocenters. The normalized spacial score (nSPS) is 10.7. The van der Waals surface area contributed by atoms with Gasteiger partial charge < -0.3 is 10.2 Å². The van der Waals surface area contributed by atoms with Crippen LogP contribution in [0.5, 0.6) is 5.75 Å². The first-order valence-electron chi connectivity index (χ1n) is 6.16. The fraction of sp³-hybridized carbons (Fsp3) is 0. The van der Waals surface area contributed by atoms with E-state index in [1.54, 1.807) is 36.4 Å². The third-order valence-electron chi connectivity index (χ3n) is 3.16. The smallest absolute Gasteiger partial charge is 0.336 e. The van der Waals surface area contributed by atoms with Crippen LogP contribution in [-0.2, 0) is 0 Å². The number of halogens is 1. The maximum Gasteiger partial charge on any atom is 0.336 e. The molecule has 0 radical (unpaired) electrons. The number of carboxylic acid groups (broad SMARTS) is 1. The second kappa shape index (κ2) is 5.18. The second-order valence-electron chi connectivity index (χ2n) is 4.52. The number of hydrogen-bond donors (Lipinski definition) is 1. The van der Waals surface area contributed by atoms with E-state index >= 15 is 0 Å². The highest BCUT2D eigenvalue weighted by molar-refractivity contribution is 9.10. The lowest BCUT2D eigenvalue weighted by Gasteiger charge is -2.14. The van der Waals surface area contributed by atoms with Crippen molar-refractivity contribution >= 4 is 32.8 Å². The van der Waals surface area contributed by atoms with E-state index in [1.165, 1.54) is 12.1 Å². The van der Waals surface area contributed by atoms with Crippen molar-refractivity contribution in [3.63, 3.8) is 0 Å². The largest absolute Gasteiger partial charge is 0.872 e. The third kappa shape index (κ3) is 2.48. The van der Waals surface area contributed by atoms with E-state index < -0.39 is 5.97 Å². The van der Waals surface area contributed by atoms with E-state index in [-0.39, 0.29) is 11.3 Å². The minimum atomic E-state index is -1.05. The van der Waals surface area contributed by atoms with E-state index in [2.05, 4.69) is 20.9 Å². The summed E-state index contributed by atoms with van der Waals surface area (Å²) >= 11 is 3.32. The molecule has 1 heterocycles. The molecule has 0 spiro atoms. The van der Waals surface area contributed by atoms with Gasteiger partial charge in [-0.25, -0.2) is 9.78 Å². The molecule has 0 unspecified atom stereocenters. The molecule has 1 N–H and O–H groups in total. The Kier molecular flexibility index (Phi) is 3.35. The number of aromatic nitrogens is 1. The van der Waals surface area contributed by atoms with E-state index in [1.807, 2.05) is 0 Å². The lowest BCUT2D eigenvalue weighted by molar-refractivity contribution is -0.267. The zero-order valence-corrected chi connectivity index (χ0v) is 12.3. The van der Waals surface area contributed by atoms with Crippen LogP contribution in [0.3, 0.4) is 0 Å². The Morgan fingerprint density at radius 3 is 2.62 bits per heavy atom. The Balaban J connectivity index is 2.34. The predicted molar refractivity (Wildman–Crippen MR) is 81.3 cm³/mol. The van der Waals surface area contributed by atoms with Gasteiger partial charge in [0, 0.05) is 9.86 Å². The first kappa shape index (κ1) is 13.6. The predicted octanol–water partition coefficient (Wildman–Crippen LogP) is 3.44. The monoisotopic (exact) mass is 342 g/mol. The first-order valence-corrected chi connectivity index (χ1v) is 6.95. The number of carbonyl (C=O) groups is 1. The summed E-state index contributed by atoms with van der Waals surface area (Å²) in [5.74, 6) is -1.23. The van der Waals surface area contributed by atoms with Crippen molar-refractivity contribution in [2.75, 3.05) is 0 Å². The molecule has 0 fully saturated rings. The molecule has 104 valence electrons. The summed E-state index contributed by atoms with van der Waals surface area (Å²) in [6.07, 6.45) is 0. The Bertz CT molecular complexity index is 861. The van der Waals surface area contributed by atoms with Crippen molar-refractivity contribution in [3.8, 4) is 17.0 Å². The molecule has 1 aromatic heterocycles. The lowest BCUT2D eigenvalue weighted by atomic mass is 10.0. The number of nitrogens with zero attached hydrogens (tertiary/aromatic N) is 1. The van der Waals surface area contributed by atoms with Gasteiger partial charge in [-0.3, -0.25) is 0 Å². The maximum atomic E-state index is 11.9. The van der Waals surface area contributed by atoms with Crippen LogP contribution in [0.25, 0.3) is 22.2 Å². The van der Waals surface area contributed by atoms with Gasteiger partial charge in [0.15, 0.2) is 0 Å². The van der Waals surface area contributed by atoms with Crippen molar-refractivity contribution in [2.24, 2.45) is 0 Å². The fourth-order valence-corrected chi connectivity index (χ4v) is 2.55. The van der Waals surface area contributed by atoms with Crippen LogP contribution in [0.15, 0.2) is 53.0 Å². The molecule has 2 aromatic carbocycles. The average Bonchev–Trinajstić information content (AvgIpc) is 2.46. The van der Waals surface area contributed by atoms with Crippen molar-refractivity contribution in [2.45, 2.75) is 0 Å². The first-order chi connectivity index (χ1) is 10.1. The fourth-order valence-electron chi connectivity index (χ4n) is 2.19. The van der Waals surface area contributed by atoms with Crippen LogP contribution in [0.2, 0.25) is 0 Å². The van der Waals surface area contributed by atoms with E-state index in [0.717, 1.165) is 4.47 Å². The summed E-state index contributed by atoms with van der Waals surface area (Å²) in [6.45, 7) is 0. The Hall–Kier alpha value is -2.40. The third-order valence-corrected chi connectivity index (χ3v) is 3.66. The van der Waals surface area contributed by atoms with Crippen LogP contribution >= 0.6 is 15.9 Å². The summed E-state index contributed by atoms with van der Waals surface area (Å²) in [5, 5.41) is 21.8. The zero-order valence-electron chi connectivity index (χ0n) is 10.7. The van der Waals surface area contributed by atoms with Gasteiger partial charge in [0.25, 0.3) is 0 Å². The van der Waals surface area contributed by atoms with Gasteiger partial charge in [-0.05, 0) is 29.8 Å². The van der Waals surface area contributed by atoms with Crippen molar-refractivity contribution in [1.29, 1.82) is 0 Å². The standard InChI is InChI=1S/C16H10BrNO3/c17-9-5-6-13-11(7-9)12(16(20)21)8-14(18-13)10-3-1-2-4-15(10)19/h1-8,19H,(H,20,21)/p-1. The van der Waals surface area contributed by atoms with E-state index in [4.69, 9.17) is 0 Å². The number of benzene rings is 2. The van der Waals surface area contributed by atoms with Crippen LogP contribution in [-0.4, -0.2) is 16.1 Å². The molecule has 0 saturated heterocycles. The Labute approximate surface area is 128 Å². The molecule has 0 aliphatic heterocycles. The molecule has 0 aliphatic rings. The summed E-state index contributed by atoms with van der Waals surface area (Å²) in [6, 6.07) is 13.1. The molecule has 5 heteroatoms. The molecule has 0 aliphatic carbocycles. The number of para-hydroxylation sites is 1. The Morgan fingerprint density at radius 1 is 1.14 bits per heavy atom. The molecular formula is C16H9BrNO3-. The van der Waals surface area contributed by atoms with Gasteiger partial charge in [0.1, 0.15) is 0 Å². The van der Waals surface area contributed by atoms with Crippen molar-refractivity contribution in [3.05, 3.63) is 58.6 Å². The molecule has 3 rings (SSSR count). The van der Waals surface area contributed by atoms with E-state index in [9.17, 15) is 15.0 Å². The number of pyridine rings is 1. The van der Waals surface area contributed by atoms with Crippen LogP contribution < -0.4 is 5.11 Å². The summed E-state index contributed by atoms with van der Waals surface area (Å²) in [4.78, 5) is 15.9. The summed E-state index contributed by atoms with van der Waals surface area (Å²) < 4.78 is 0.774. The molecular weight excluding hydrogens is 334 g/mol. The van der Waals surface area contributed by atoms with Gasteiger partial charge in [-0.1, -0.05) is 45.9 Å². The quantitative estimate of drug-likeness (QED) is 0.774. The summed E-state index contributed by atoms with van der Waals surface area (Å²) in [7, 11) is 0. The molecule has 0 saturated carbocycles. The SMILES string of the molecule is O=C(O)c1cc(-c2ccccc2[O-])nc2ccc(Br)cc12. The minimum Gasteiger partial charge on any atom is -0.872 e. The van der Waals surface area contributed by atoms with Gasteiger partial charge in [0.05, 0.1) is 16.8 Å². The molecule has 3 aromatic rings. The molecule has 21 heavy (non-hydrogen) atoms. The van der Waals surface area contributed by atoms with E-state index in [0.29, 0.717) is 22.2 Å². The van der Waals surface area contributed by atoms with Crippen molar-refractivity contribution < 1.29 is 15.0 Å².